The molecule has 0 aromatic heterocycles. The topological polar surface area (TPSA) is 49.8 Å². The minimum Gasteiger partial charge on any atom is -0.384 e. The van der Waals surface area contributed by atoms with E-state index in [-0.39, 0.29) is 11.9 Å². The van der Waals surface area contributed by atoms with Crippen LogP contribution in [0.2, 0.25) is 0 Å². The lowest BCUT2D eigenvalue weighted by Gasteiger charge is -2.34. The van der Waals surface area contributed by atoms with Crippen LogP contribution in [0.3, 0.4) is 0 Å². The predicted molar refractivity (Wildman–Crippen MR) is 43.7 cm³/mol. The van der Waals surface area contributed by atoms with Gasteiger partial charge in [-0.1, -0.05) is 0 Å². The number of rotatable bonds is 1. The van der Waals surface area contributed by atoms with Crippen molar-refractivity contribution in [3.8, 4) is 0 Å². The smallest absolute Gasteiger partial charge is 0.251 e. The van der Waals surface area contributed by atoms with Gasteiger partial charge in [-0.15, -0.1) is 0 Å². The predicted octanol–water partition coefficient (Wildman–Crippen LogP) is -0.385. The molecule has 1 heterocycles. The molecule has 0 aromatic rings. The second-order valence-corrected chi connectivity index (χ2v) is 3.13. The van der Waals surface area contributed by atoms with Gasteiger partial charge in [0.05, 0.1) is 19.3 Å². The summed E-state index contributed by atoms with van der Waals surface area (Å²) in [6.45, 7) is 5.14. The van der Waals surface area contributed by atoms with Crippen molar-refractivity contribution < 1.29 is 14.6 Å². The molecule has 2 atom stereocenters. The van der Waals surface area contributed by atoms with Crippen LogP contribution in [0.5, 0.6) is 0 Å². The Morgan fingerprint density at radius 2 is 2.42 bits per heavy atom. The zero-order valence-electron chi connectivity index (χ0n) is 7.49. The van der Waals surface area contributed by atoms with Gasteiger partial charge in [0.25, 0.3) is 5.91 Å². The Balaban J connectivity index is 2.53. The molecule has 1 saturated heterocycles. The third-order valence-electron chi connectivity index (χ3n) is 2.01. The first-order valence-corrected chi connectivity index (χ1v) is 4.19. The molecule has 4 nitrogen and oxygen atoms in total. The second kappa shape index (κ2) is 3.87. The standard InChI is InChI=1S/C8H15NO3/c1-6-5-12-4-3-9(6)8(11)7(2)10/h6-7,10H,3-5H2,1-2H3/t6?,7-/m0/s1. The number of carbonyl (C=O) groups is 1. The molecule has 12 heavy (non-hydrogen) atoms. The zero-order chi connectivity index (χ0) is 9.14. The molecule has 4 heteroatoms. The van der Waals surface area contributed by atoms with Crippen molar-refractivity contribution in [2.24, 2.45) is 0 Å². The molecule has 1 N–H and O–H groups in total. The van der Waals surface area contributed by atoms with Gasteiger partial charge < -0.3 is 14.7 Å². The van der Waals surface area contributed by atoms with E-state index in [1.54, 1.807) is 4.90 Å². The van der Waals surface area contributed by atoms with E-state index in [0.717, 1.165) is 0 Å². The van der Waals surface area contributed by atoms with Crippen molar-refractivity contribution in [2.75, 3.05) is 19.8 Å². The first kappa shape index (κ1) is 9.48. The molecule has 1 aliphatic heterocycles. The number of hydrogen-bond donors (Lipinski definition) is 1. The molecule has 1 aliphatic rings. The molecule has 0 spiro atoms. The first-order chi connectivity index (χ1) is 5.63. The van der Waals surface area contributed by atoms with Gasteiger partial charge in [-0.3, -0.25) is 4.79 Å². The van der Waals surface area contributed by atoms with Crippen molar-refractivity contribution in [3.05, 3.63) is 0 Å². The zero-order valence-corrected chi connectivity index (χ0v) is 7.49. The van der Waals surface area contributed by atoms with Crippen LogP contribution in [-0.4, -0.2) is 47.8 Å². The maximum atomic E-state index is 11.3. The minimum absolute atomic E-state index is 0.0841. The summed E-state index contributed by atoms with van der Waals surface area (Å²) >= 11 is 0. The Morgan fingerprint density at radius 1 is 1.75 bits per heavy atom. The SMILES string of the molecule is CC1COCCN1C(=O)[C@H](C)O. The van der Waals surface area contributed by atoms with Crippen LogP contribution in [0.25, 0.3) is 0 Å². The quantitative estimate of drug-likeness (QED) is 0.587. The third kappa shape index (κ3) is 1.95. The summed E-state index contributed by atoms with van der Waals surface area (Å²) in [5, 5.41) is 9.06. The molecule has 0 aliphatic carbocycles. The summed E-state index contributed by atoms with van der Waals surface area (Å²) in [5.74, 6) is -0.203. The Hall–Kier alpha value is -0.610. The number of hydrogen-bond acceptors (Lipinski definition) is 3. The van der Waals surface area contributed by atoms with Crippen LogP contribution in [0, 0.1) is 0 Å². The van der Waals surface area contributed by atoms with Gasteiger partial charge in [0, 0.05) is 6.54 Å². The molecule has 1 rings (SSSR count). The number of aliphatic hydroxyl groups is 1. The summed E-state index contributed by atoms with van der Waals surface area (Å²) in [4.78, 5) is 13.0. The maximum absolute atomic E-state index is 11.3. The lowest BCUT2D eigenvalue weighted by atomic mass is 10.2. The molecule has 1 unspecified atom stereocenters. The fraction of sp³-hybridized carbons (Fsp3) is 0.875. The second-order valence-electron chi connectivity index (χ2n) is 3.13. The van der Waals surface area contributed by atoms with Gasteiger partial charge in [0.15, 0.2) is 0 Å². The lowest BCUT2D eigenvalue weighted by molar-refractivity contribution is -0.147. The van der Waals surface area contributed by atoms with E-state index in [9.17, 15) is 4.79 Å². The van der Waals surface area contributed by atoms with Gasteiger partial charge in [0.2, 0.25) is 0 Å². The monoisotopic (exact) mass is 173 g/mol. The highest BCUT2D eigenvalue weighted by atomic mass is 16.5. The van der Waals surface area contributed by atoms with E-state index in [0.29, 0.717) is 19.8 Å². The fourth-order valence-electron chi connectivity index (χ4n) is 1.29. The van der Waals surface area contributed by atoms with Crippen LogP contribution >= 0.6 is 0 Å². The van der Waals surface area contributed by atoms with E-state index in [4.69, 9.17) is 9.84 Å². The maximum Gasteiger partial charge on any atom is 0.251 e. The Bertz CT molecular complexity index is 170. The van der Waals surface area contributed by atoms with Crippen molar-refractivity contribution in [1.82, 2.24) is 4.90 Å². The number of morpholine rings is 1. The molecule has 1 fully saturated rings. The fourth-order valence-corrected chi connectivity index (χ4v) is 1.29. The number of aliphatic hydroxyl groups excluding tert-OH is 1. The highest BCUT2D eigenvalue weighted by molar-refractivity contribution is 5.80. The van der Waals surface area contributed by atoms with E-state index in [1.807, 2.05) is 6.92 Å². The molecular formula is C8H15NO3. The van der Waals surface area contributed by atoms with E-state index < -0.39 is 6.10 Å². The Morgan fingerprint density at radius 3 is 2.92 bits per heavy atom. The van der Waals surface area contributed by atoms with Gasteiger partial charge in [-0.05, 0) is 13.8 Å². The summed E-state index contributed by atoms with van der Waals surface area (Å²) in [7, 11) is 0. The molecular weight excluding hydrogens is 158 g/mol. The number of nitrogens with zero attached hydrogens (tertiary/aromatic N) is 1. The van der Waals surface area contributed by atoms with Crippen LogP contribution in [0.1, 0.15) is 13.8 Å². The highest BCUT2D eigenvalue weighted by Crippen LogP contribution is 2.07. The normalized spacial score (nSPS) is 26.9. The van der Waals surface area contributed by atoms with E-state index in [2.05, 4.69) is 0 Å². The largest absolute Gasteiger partial charge is 0.384 e. The molecule has 0 bridgehead atoms. The summed E-state index contributed by atoms with van der Waals surface area (Å²) < 4.78 is 5.17. The lowest BCUT2D eigenvalue weighted by Crippen LogP contribution is -2.50. The third-order valence-corrected chi connectivity index (χ3v) is 2.01. The van der Waals surface area contributed by atoms with Gasteiger partial charge in [-0.25, -0.2) is 0 Å². The Kier molecular flexibility index (Phi) is 3.05. The average molecular weight is 173 g/mol. The average Bonchev–Trinajstić information content (AvgIpc) is 2.04. The van der Waals surface area contributed by atoms with Gasteiger partial charge >= 0.3 is 0 Å². The summed E-state index contributed by atoms with van der Waals surface area (Å²) in [6, 6.07) is 0.0841. The van der Waals surface area contributed by atoms with Crippen LogP contribution in [0.4, 0.5) is 0 Å². The van der Waals surface area contributed by atoms with Crippen LogP contribution < -0.4 is 0 Å². The van der Waals surface area contributed by atoms with Crippen molar-refractivity contribution in [2.45, 2.75) is 26.0 Å². The Labute approximate surface area is 72.1 Å². The van der Waals surface area contributed by atoms with Crippen LogP contribution in [0.15, 0.2) is 0 Å². The van der Waals surface area contributed by atoms with Gasteiger partial charge in [-0.2, -0.15) is 0 Å². The highest BCUT2D eigenvalue weighted by Gasteiger charge is 2.25. The minimum atomic E-state index is -0.898. The van der Waals surface area contributed by atoms with Gasteiger partial charge in [0.1, 0.15) is 6.10 Å². The number of ether oxygens (including phenoxy) is 1. The molecule has 1 amide bonds. The van der Waals surface area contributed by atoms with Crippen molar-refractivity contribution in [1.29, 1.82) is 0 Å². The molecule has 0 aromatic carbocycles. The number of amides is 1. The van der Waals surface area contributed by atoms with Crippen molar-refractivity contribution in [3.63, 3.8) is 0 Å². The molecule has 0 radical (unpaired) electrons. The number of carbonyl (C=O) groups excluding carboxylic acids is 1. The van der Waals surface area contributed by atoms with E-state index in [1.165, 1.54) is 6.92 Å². The molecule has 0 saturated carbocycles. The summed E-state index contributed by atoms with van der Waals surface area (Å²) in [6.07, 6.45) is -0.898. The summed E-state index contributed by atoms with van der Waals surface area (Å²) in [5.41, 5.74) is 0. The van der Waals surface area contributed by atoms with Crippen LogP contribution in [-0.2, 0) is 9.53 Å². The molecule has 70 valence electrons. The van der Waals surface area contributed by atoms with Crippen molar-refractivity contribution >= 4 is 5.91 Å². The van der Waals surface area contributed by atoms with E-state index >= 15 is 0 Å². The first-order valence-electron chi connectivity index (χ1n) is 4.19.